The topological polar surface area (TPSA) is 27.7 Å². The Hall–Kier alpha value is -0.566. The van der Waals surface area contributed by atoms with Crippen molar-refractivity contribution in [1.29, 1.82) is 0 Å². The summed E-state index contributed by atoms with van der Waals surface area (Å²) in [6.07, 6.45) is 19.1. The van der Waals surface area contributed by atoms with Crippen LogP contribution >= 0.6 is 0 Å². The molecule has 0 bridgehead atoms. The van der Waals surface area contributed by atoms with Crippen LogP contribution in [0.15, 0.2) is 0 Å². The van der Waals surface area contributed by atoms with Crippen LogP contribution in [0.3, 0.4) is 0 Å². The van der Waals surface area contributed by atoms with Crippen LogP contribution in [-0.4, -0.2) is 30.3 Å². The van der Waals surface area contributed by atoms with Crippen molar-refractivity contribution < 1.29 is 13.0 Å². The van der Waals surface area contributed by atoms with E-state index in [0.29, 0.717) is 0 Å². The standard InChI is InChI=1S/C28H54O3Si2/c1-7-9-11-13-15-17-19-21-23-25-27-29-32(3,4)31-33(5,6)30-28-26-24-22-20-18-16-14-12-10-8-2/h7-8,13-28H2,1-6H3. The molecular weight excluding hydrogens is 440 g/mol. The first kappa shape index (κ1) is 32.4. The van der Waals surface area contributed by atoms with E-state index in [2.05, 4.69) is 63.7 Å². The van der Waals surface area contributed by atoms with E-state index < -0.39 is 17.1 Å². The van der Waals surface area contributed by atoms with Crippen LogP contribution in [0.4, 0.5) is 0 Å². The molecule has 0 aromatic carbocycles. The molecule has 0 fully saturated rings. The Morgan fingerprint density at radius 2 is 0.788 bits per heavy atom. The highest BCUT2D eigenvalue weighted by molar-refractivity contribution is 6.78. The first-order valence-electron chi connectivity index (χ1n) is 13.7. The molecule has 33 heavy (non-hydrogen) atoms. The van der Waals surface area contributed by atoms with Crippen LogP contribution in [0, 0.1) is 23.7 Å². The first-order valence-corrected chi connectivity index (χ1v) is 19.4. The smallest absolute Gasteiger partial charge is 0.322 e. The maximum absolute atomic E-state index is 6.42. The van der Waals surface area contributed by atoms with E-state index in [9.17, 15) is 0 Å². The van der Waals surface area contributed by atoms with Gasteiger partial charge in [0.2, 0.25) is 0 Å². The lowest BCUT2D eigenvalue weighted by atomic mass is 10.1. The van der Waals surface area contributed by atoms with E-state index in [1.54, 1.807) is 0 Å². The summed E-state index contributed by atoms with van der Waals surface area (Å²) in [5.74, 6) is 12.7. The Labute approximate surface area is 209 Å². The van der Waals surface area contributed by atoms with Crippen molar-refractivity contribution in [3.63, 3.8) is 0 Å². The summed E-state index contributed by atoms with van der Waals surface area (Å²) >= 11 is 0. The Bertz CT molecular complexity index is 517. The van der Waals surface area contributed by atoms with Gasteiger partial charge in [0.1, 0.15) is 0 Å². The number of rotatable bonds is 20. The van der Waals surface area contributed by atoms with Gasteiger partial charge in [0.05, 0.1) is 0 Å². The molecule has 3 nitrogen and oxygen atoms in total. The van der Waals surface area contributed by atoms with E-state index in [4.69, 9.17) is 13.0 Å². The van der Waals surface area contributed by atoms with Crippen molar-refractivity contribution in [2.45, 2.75) is 143 Å². The molecule has 192 valence electrons. The SMILES string of the molecule is CCC#CCCCCCCCCO[Si](C)(C)O[Si](C)(C)OCCCCCCCCC#CCC. The summed E-state index contributed by atoms with van der Waals surface area (Å²) in [7, 11) is -4.24. The minimum absolute atomic E-state index is 0.815. The summed E-state index contributed by atoms with van der Waals surface area (Å²) in [5, 5.41) is 0. The quantitative estimate of drug-likeness (QED) is 0.0961. The molecule has 0 spiro atoms. The van der Waals surface area contributed by atoms with Crippen LogP contribution in [0.2, 0.25) is 26.2 Å². The molecule has 0 aliphatic rings. The fourth-order valence-electron chi connectivity index (χ4n) is 3.76. The fourth-order valence-corrected chi connectivity index (χ4v) is 10.2. The van der Waals surface area contributed by atoms with Crippen molar-refractivity contribution in [3.8, 4) is 23.7 Å². The maximum atomic E-state index is 6.42. The van der Waals surface area contributed by atoms with Gasteiger partial charge in [0.15, 0.2) is 0 Å². The highest BCUT2D eigenvalue weighted by Gasteiger charge is 2.36. The molecule has 0 heterocycles. The molecule has 0 saturated heterocycles. The molecule has 5 heteroatoms. The van der Waals surface area contributed by atoms with Gasteiger partial charge in [-0.1, -0.05) is 65.2 Å². The molecule has 0 amide bonds. The average Bonchev–Trinajstić information content (AvgIpc) is 2.75. The zero-order valence-corrected chi connectivity index (χ0v) is 25.0. The van der Waals surface area contributed by atoms with Crippen LogP contribution in [-0.2, 0) is 13.0 Å². The van der Waals surface area contributed by atoms with Gasteiger partial charge in [-0.2, -0.15) is 0 Å². The fraction of sp³-hybridized carbons (Fsp3) is 0.857. The van der Waals surface area contributed by atoms with E-state index in [-0.39, 0.29) is 0 Å². The Morgan fingerprint density at radius 3 is 1.15 bits per heavy atom. The van der Waals surface area contributed by atoms with Crippen molar-refractivity contribution in [2.75, 3.05) is 13.2 Å². The third-order valence-corrected chi connectivity index (χ3v) is 11.1. The number of hydrogen-bond donors (Lipinski definition) is 0. The van der Waals surface area contributed by atoms with Crippen LogP contribution in [0.5, 0.6) is 0 Å². The molecule has 0 rings (SSSR count). The van der Waals surface area contributed by atoms with Crippen molar-refractivity contribution in [1.82, 2.24) is 0 Å². The van der Waals surface area contributed by atoms with Gasteiger partial charge in [0.25, 0.3) is 0 Å². The third-order valence-electron chi connectivity index (χ3n) is 5.39. The van der Waals surface area contributed by atoms with Crippen molar-refractivity contribution in [2.24, 2.45) is 0 Å². The van der Waals surface area contributed by atoms with E-state index in [0.717, 1.165) is 51.7 Å². The Morgan fingerprint density at radius 1 is 0.455 bits per heavy atom. The lowest BCUT2D eigenvalue weighted by molar-refractivity contribution is 0.190. The minimum Gasteiger partial charge on any atom is -0.415 e. The monoisotopic (exact) mass is 494 g/mol. The predicted molar refractivity (Wildman–Crippen MR) is 149 cm³/mol. The predicted octanol–water partition coefficient (Wildman–Crippen LogP) is 8.73. The zero-order valence-electron chi connectivity index (χ0n) is 23.0. The van der Waals surface area contributed by atoms with E-state index >= 15 is 0 Å². The summed E-state index contributed by atoms with van der Waals surface area (Å²) in [6, 6.07) is 0. The van der Waals surface area contributed by atoms with Crippen LogP contribution in [0.25, 0.3) is 0 Å². The largest absolute Gasteiger partial charge is 0.415 e. The second kappa shape index (κ2) is 21.9. The normalized spacial score (nSPS) is 11.6. The minimum atomic E-state index is -2.12. The summed E-state index contributed by atoms with van der Waals surface area (Å²) in [6.45, 7) is 14.5. The zero-order chi connectivity index (χ0) is 24.7. The number of hydrogen-bond acceptors (Lipinski definition) is 3. The molecule has 0 unspecified atom stereocenters. The van der Waals surface area contributed by atoms with Gasteiger partial charge in [-0.25, -0.2) is 0 Å². The average molecular weight is 495 g/mol. The van der Waals surface area contributed by atoms with Gasteiger partial charge < -0.3 is 13.0 Å². The third kappa shape index (κ3) is 24.4. The van der Waals surface area contributed by atoms with Crippen molar-refractivity contribution in [3.05, 3.63) is 0 Å². The summed E-state index contributed by atoms with van der Waals surface area (Å²) in [5.41, 5.74) is 0. The van der Waals surface area contributed by atoms with Crippen LogP contribution < -0.4 is 0 Å². The molecule has 0 atom stereocenters. The molecule has 0 aliphatic heterocycles. The van der Waals surface area contributed by atoms with Gasteiger partial charge in [-0.05, 0) is 51.9 Å². The highest BCUT2D eigenvalue weighted by atomic mass is 28.5. The molecule has 0 radical (unpaired) electrons. The molecule has 0 aromatic heterocycles. The maximum Gasteiger partial charge on any atom is 0.322 e. The van der Waals surface area contributed by atoms with Crippen LogP contribution in [0.1, 0.15) is 117 Å². The molecule has 0 N–H and O–H groups in total. The molecule has 0 aliphatic carbocycles. The number of unbranched alkanes of at least 4 members (excludes halogenated alkanes) is 12. The van der Waals surface area contributed by atoms with E-state index in [1.165, 1.54) is 64.2 Å². The Balaban J connectivity index is 3.70. The second-order valence-corrected chi connectivity index (χ2v) is 16.7. The highest BCUT2D eigenvalue weighted by Crippen LogP contribution is 2.18. The first-order chi connectivity index (χ1) is 15.8. The van der Waals surface area contributed by atoms with Gasteiger partial charge >= 0.3 is 17.1 Å². The summed E-state index contributed by atoms with van der Waals surface area (Å²) in [4.78, 5) is 0. The molecular formula is C28H54O3Si2. The van der Waals surface area contributed by atoms with Gasteiger partial charge in [-0.15, -0.1) is 23.7 Å². The lowest BCUT2D eigenvalue weighted by Gasteiger charge is -2.32. The second-order valence-electron chi connectivity index (χ2n) is 9.76. The summed E-state index contributed by atoms with van der Waals surface area (Å²) < 4.78 is 18.8. The van der Waals surface area contributed by atoms with Gasteiger partial charge in [0, 0.05) is 38.9 Å². The van der Waals surface area contributed by atoms with E-state index in [1.807, 2.05) is 0 Å². The lowest BCUT2D eigenvalue weighted by Crippen LogP contribution is -2.48. The molecule has 0 saturated carbocycles. The van der Waals surface area contributed by atoms with Crippen molar-refractivity contribution >= 4 is 17.1 Å². The Kier molecular flexibility index (Phi) is 21.6. The van der Waals surface area contributed by atoms with Gasteiger partial charge in [-0.3, -0.25) is 0 Å². The molecule has 0 aromatic rings.